The number of benzene rings is 2. The van der Waals surface area contributed by atoms with Gasteiger partial charge in [0.05, 0.1) is 10.9 Å². The number of hydrogen-bond donors (Lipinski definition) is 0. The first-order valence-corrected chi connectivity index (χ1v) is 7.34. The first kappa shape index (κ1) is 14.3. The lowest BCUT2D eigenvalue weighted by atomic mass is 9.99. The Morgan fingerprint density at radius 1 is 1.05 bits per heavy atom. The molecule has 3 aromatic rings. The van der Waals surface area contributed by atoms with Gasteiger partial charge in [-0.25, -0.2) is 0 Å². The standard InChI is InChI=1S/C20H19NO/c1-5-15-10-14(3)11-18-19(15)20(22)17(12-21(18)4)16-8-6-13(2)7-9-16/h5-12H,1H2,2-4H3. The molecule has 0 spiro atoms. The smallest absolute Gasteiger partial charge is 0.197 e. The number of aryl methyl sites for hydroxylation is 3. The number of rotatable bonds is 2. The molecule has 2 aromatic carbocycles. The highest BCUT2D eigenvalue weighted by atomic mass is 16.1. The van der Waals surface area contributed by atoms with Crippen LogP contribution < -0.4 is 5.43 Å². The summed E-state index contributed by atoms with van der Waals surface area (Å²) in [7, 11) is 1.98. The SMILES string of the molecule is C=Cc1cc(C)cc2c1c(=O)c(-c1ccc(C)cc1)cn2C. The van der Waals surface area contributed by atoms with Crippen molar-refractivity contribution in [2.75, 3.05) is 0 Å². The Labute approximate surface area is 130 Å². The molecule has 0 aliphatic rings. The summed E-state index contributed by atoms with van der Waals surface area (Å²) in [5.41, 5.74) is 5.88. The van der Waals surface area contributed by atoms with E-state index in [1.54, 1.807) is 6.08 Å². The largest absolute Gasteiger partial charge is 0.350 e. The maximum atomic E-state index is 13.0. The van der Waals surface area contributed by atoms with Crippen molar-refractivity contribution >= 4 is 17.0 Å². The van der Waals surface area contributed by atoms with Crippen LogP contribution in [0.25, 0.3) is 28.1 Å². The van der Waals surface area contributed by atoms with E-state index in [2.05, 4.69) is 6.58 Å². The van der Waals surface area contributed by atoms with Gasteiger partial charge in [-0.2, -0.15) is 0 Å². The molecular formula is C20H19NO. The van der Waals surface area contributed by atoms with Crippen molar-refractivity contribution < 1.29 is 0 Å². The Hall–Kier alpha value is -2.61. The van der Waals surface area contributed by atoms with E-state index >= 15 is 0 Å². The van der Waals surface area contributed by atoms with Crippen LogP contribution in [0.5, 0.6) is 0 Å². The molecule has 0 saturated carbocycles. The summed E-state index contributed by atoms with van der Waals surface area (Å²) >= 11 is 0. The molecule has 0 radical (unpaired) electrons. The zero-order valence-electron chi connectivity index (χ0n) is 13.2. The number of nitrogens with zero attached hydrogens (tertiary/aromatic N) is 1. The van der Waals surface area contributed by atoms with E-state index in [9.17, 15) is 4.79 Å². The van der Waals surface area contributed by atoms with E-state index in [0.29, 0.717) is 0 Å². The molecule has 0 unspecified atom stereocenters. The predicted molar refractivity (Wildman–Crippen MR) is 94.2 cm³/mol. The second-order valence-corrected chi connectivity index (χ2v) is 5.80. The minimum absolute atomic E-state index is 0.0619. The third kappa shape index (κ3) is 2.27. The summed E-state index contributed by atoms with van der Waals surface area (Å²) in [5, 5.41) is 0.737. The molecule has 0 N–H and O–H groups in total. The molecule has 0 aliphatic heterocycles. The zero-order valence-corrected chi connectivity index (χ0v) is 13.2. The second-order valence-electron chi connectivity index (χ2n) is 5.80. The van der Waals surface area contributed by atoms with Crippen molar-refractivity contribution in [2.24, 2.45) is 7.05 Å². The molecule has 22 heavy (non-hydrogen) atoms. The predicted octanol–water partition coefficient (Wildman–Crippen LogP) is 4.47. The van der Waals surface area contributed by atoms with Crippen LogP contribution in [0.3, 0.4) is 0 Å². The lowest BCUT2D eigenvalue weighted by Crippen LogP contribution is -2.11. The summed E-state index contributed by atoms with van der Waals surface area (Å²) in [6, 6.07) is 12.1. The summed E-state index contributed by atoms with van der Waals surface area (Å²) in [4.78, 5) is 13.0. The fraction of sp³-hybridized carbons (Fsp3) is 0.150. The molecule has 0 saturated heterocycles. The number of fused-ring (bicyclic) bond motifs is 1. The van der Waals surface area contributed by atoms with E-state index in [1.165, 1.54) is 5.56 Å². The molecule has 2 nitrogen and oxygen atoms in total. The third-order valence-corrected chi connectivity index (χ3v) is 4.05. The van der Waals surface area contributed by atoms with Gasteiger partial charge in [0.15, 0.2) is 5.43 Å². The van der Waals surface area contributed by atoms with E-state index in [4.69, 9.17) is 0 Å². The topological polar surface area (TPSA) is 22.0 Å². The van der Waals surface area contributed by atoms with Crippen LogP contribution in [-0.2, 0) is 7.05 Å². The van der Waals surface area contributed by atoms with Gasteiger partial charge < -0.3 is 4.57 Å². The summed E-state index contributed by atoms with van der Waals surface area (Å²) in [6.45, 7) is 7.93. The number of hydrogen-bond acceptors (Lipinski definition) is 1. The Morgan fingerprint density at radius 2 is 1.73 bits per heavy atom. The van der Waals surface area contributed by atoms with Crippen LogP contribution in [0.2, 0.25) is 0 Å². The van der Waals surface area contributed by atoms with Crippen molar-refractivity contribution in [3.05, 3.63) is 76.1 Å². The van der Waals surface area contributed by atoms with Crippen molar-refractivity contribution in [1.29, 1.82) is 0 Å². The molecule has 0 aliphatic carbocycles. The van der Waals surface area contributed by atoms with Crippen LogP contribution in [-0.4, -0.2) is 4.57 Å². The fourth-order valence-corrected chi connectivity index (χ4v) is 2.88. The van der Waals surface area contributed by atoms with E-state index in [-0.39, 0.29) is 5.43 Å². The minimum Gasteiger partial charge on any atom is -0.350 e. The van der Waals surface area contributed by atoms with Crippen LogP contribution in [0, 0.1) is 13.8 Å². The summed E-state index contributed by atoms with van der Waals surface area (Å²) in [5.74, 6) is 0. The van der Waals surface area contributed by atoms with Gasteiger partial charge in [0.25, 0.3) is 0 Å². The maximum Gasteiger partial charge on any atom is 0.197 e. The molecule has 1 heterocycles. The molecule has 3 rings (SSSR count). The van der Waals surface area contributed by atoms with Crippen molar-refractivity contribution in [1.82, 2.24) is 4.57 Å². The van der Waals surface area contributed by atoms with E-state index < -0.39 is 0 Å². The second kappa shape index (κ2) is 5.30. The van der Waals surface area contributed by atoms with Gasteiger partial charge in [0.2, 0.25) is 0 Å². The highest BCUT2D eigenvalue weighted by Crippen LogP contribution is 2.23. The Kier molecular flexibility index (Phi) is 3.45. The highest BCUT2D eigenvalue weighted by Gasteiger charge is 2.12. The molecule has 2 heteroatoms. The molecule has 1 aromatic heterocycles. The quantitative estimate of drug-likeness (QED) is 0.682. The molecule has 0 amide bonds. The van der Waals surface area contributed by atoms with Crippen LogP contribution in [0.15, 0.2) is 54.0 Å². The van der Waals surface area contributed by atoms with Crippen molar-refractivity contribution in [3.8, 4) is 11.1 Å². The molecule has 0 bridgehead atoms. The van der Waals surface area contributed by atoms with Crippen LogP contribution in [0.4, 0.5) is 0 Å². The normalized spacial score (nSPS) is 10.9. The van der Waals surface area contributed by atoms with Crippen LogP contribution >= 0.6 is 0 Å². The number of aromatic nitrogens is 1. The molecular weight excluding hydrogens is 270 g/mol. The van der Waals surface area contributed by atoms with E-state index in [1.807, 2.05) is 68.1 Å². The first-order chi connectivity index (χ1) is 10.5. The molecule has 110 valence electrons. The van der Waals surface area contributed by atoms with Crippen molar-refractivity contribution in [3.63, 3.8) is 0 Å². The minimum atomic E-state index is 0.0619. The monoisotopic (exact) mass is 289 g/mol. The van der Waals surface area contributed by atoms with Gasteiger partial charge in [0.1, 0.15) is 0 Å². The van der Waals surface area contributed by atoms with Crippen LogP contribution in [0.1, 0.15) is 16.7 Å². The van der Waals surface area contributed by atoms with Gasteiger partial charge in [-0.05, 0) is 36.6 Å². The van der Waals surface area contributed by atoms with Crippen molar-refractivity contribution in [2.45, 2.75) is 13.8 Å². The third-order valence-electron chi connectivity index (χ3n) is 4.05. The fourth-order valence-electron chi connectivity index (χ4n) is 2.88. The van der Waals surface area contributed by atoms with Gasteiger partial charge in [-0.3, -0.25) is 4.79 Å². The van der Waals surface area contributed by atoms with E-state index in [0.717, 1.165) is 33.2 Å². The molecule has 0 fully saturated rings. The highest BCUT2D eigenvalue weighted by molar-refractivity contribution is 5.91. The Bertz CT molecular complexity index is 931. The first-order valence-electron chi connectivity index (χ1n) is 7.34. The summed E-state index contributed by atoms with van der Waals surface area (Å²) < 4.78 is 2.02. The van der Waals surface area contributed by atoms with Gasteiger partial charge in [0, 0.05) is 18.8 Å². The van der Waals surface area contributed by atoms with Gasteiger partial charge in [-0.15, -0.1) is 0 Å². The van der Waals surface area contributed by atoms with Gasteiger partial charge >= 0.3 is 0 Å². The lowest BCUT2D eigenvalue weighted by molar-refractivity contribution is 0.951. The molecule has 0 atom stereocenters. The Morgan fingerprint density at radius 3 is 2.36 bits per heavy atom. The average molecular weight is 289 g/mol. The average Bonchev–Trinajstić information content (AvgIpc) is 2.51. The summed E-state index contributed by atoms with van der Waals surface area (Å²) in [6.07, 6.45) is 3.68. The maximum absolute atomic E-state index is 13.0. The Balaban J connectivity index is 2.42. The number of pyridine rings is 1. The zero-order chi connectivity index (χ0) is 15.9. The lowest BCUT2D eigenvalue weighted by Gasteiger charge is -2.12. The van der Waals surface area contributed by atoms with Gasteiger partial charge in [-0.1, -0.05) is 48.6 Å².